The van der Waals surface area contributed by atoms with Crippen LogP contribution in [0.2, 0.25) is 0 Å². The fourth-order valence-corrected chi connectivity index (χ4v) is 1.95. The molecule has 3 heterocycles. The Bertz CT molecular complexity index is 668. The Morgan fingerprint density at radius 2 is 1.94 bits per heavy atom. The molecule has 0 fully saturated rings. The summed E-state index contributed by atoms with van der Waals surface area (Å²) < 4.78 is 2.02. The predicted molar refractivity (Wildman–Crippen MR) is 70.7 cm³/mol. The standard InChI is InChI=1S/C14H14N4/c1-10(2)12-4-3-11(7-16-12)18-9-17-13-8-15-6-5-14(13)18/h3-10H,1-2H3. The summed E-state index contributed by atoms with van der Waals surface area (Å²) in [6, 6.07) is 6.09. The molecular formula is C14H14N4. The number of pyridine rings is 2. The first-order valence-electron chi connectivity index (χ1n) is 5.99. The van der Waals surface area contributed by atoms with Crippen molar-refractivity contribution in [2.75, 3.05) is 0 Å². The van der Waals surface area contributed by atoms with Crippen molar-refractivity contribution in [3.63, 3.8) is 0 Å². The summed E-state index contributed by atoms with van der Waals surface area (Å²) in [6.45, 7) is 4.28. The zero-order valence-electron chi connectivity index (χ0n) is 10.4. The third-order valence-corrected chi connectivity index (χ3v) is 2.99. The number of fused-ring (bicyclic) bond motifs is 1. The van der Waals surface area contributed by atoms with Crippen LogP contribution in [0, 0.1) is 0 Å². The highest BCUT2D eigenvalue weighted by molar-refractivity contribution is 5.75. The van der Waals surface area contributed by atoms with Crippen molar-refractivity contribution >= 4 is 11.0 Å². The Balaban J connectivity index is 2.09. The zero-order valence-corrected chi connectivity index (χ0v) is 10.4. The lowest BCUT2D eigenvalue weighted by atomic mass is 10.1. The van der Waals surface area contributed by atoms with E-state index >= 15 is 0 Å². The van der Waals surface area contributed by atoms with Gasteiger partial charge in [0.15, 0.2) is 0 Å². The maximum atomic E-state index is 4.48. The van der Waals surface area contributed by atoms with Crippen LogP contribution in [0.25, 0.3) is 16.7 Å². The van der Waals surface area contributed by atoms with Gasteiger partial charge in [0.05, 0.1) is 23.6 Å². The van der Waals surface area contributed by atoms with Crippen LogP contribution in [0.5, 0.6) is 0 Å². The van der Waals surface area contributed by atoms with Crippen molar-refractivity contribution in [1.82, 2.24) is 19.5 Å². The molecule has 0 amide bonds. The van der Waals surface area contributed by atoms with Crippen LogP contribution in [0.3, 0.4) is 0 Å². The van der Waals surface area contributed by atoms with Gasteiger partial charge in [-0.3, -0.25) is 14.5 Å². The van der Waals surface area contributed by atoms with Gasteiger partial charge in [-0.05, 0) is 24.1 Å². The number of imidazole rings is 1. The van der Waals surface area contributed by atoms with E-state index < -0.39 is 0 Å². The maximum Gasteiger partial charge on any atom is 0.107 e. The Hall–Kier alpha value is -2.23. The van der Waals surface area contributed by atoms with Crippen LogP contribution < -0.4 is 0 Å². The van der Waals surface area contributed by atoms with Gasteiger partial charge in [-0.25, -0.2) is 4.98 Å². The molecule has 0 spiro atoms. The van der Waals surface area contributed by atoms with Crippen LogP contribution in [0.4, 0.5) is 0 Å². The van der Waals surface area contributed by atoms with E-state index in [2.05, 4.69) is 40.9 Å². The minimum atomic E-state index is 0.447. The van der Waals surface area contributed by atoms with Gasteiger partial charge >= 0.3 is 0 Å². The maximum absolute atomic E-state index is 4.48. The van der Waals surface area contributed by atoms with E-state index in [-0.39, 0.29) is 0 Å². The number of rotatable bonds is 2. The van der Waals surface area contributed by atoms with Crippen LogP contribution in [0.1, 0.15) is 25.5 Å². The second kappa shape index (κ2) is 4.22. The van der Waals surface area contributed by atoms with Gasteiger partial charge < -0.3 is 0 Å². The van der Waals surface area contributed by atoms with Crippen LogP contribution >= 0.6 is 0 Å². The van der Waals surface area contributed by atoms with Crippen LogP contribution in [-0.4, -0.2) is 19.5 Å². The van der Waals surface area contributed by atoms with Gasteiger partial charge in [0.25, 0.3) is 0 Å². The van der Waals surface area contributed by atoms with Crippen molar-refractivity contribution in [1.29, 1.82) is 0 Å². The molecule has 0 saturated heterocycles. The number of nitrogens with zero attached hydrogens (tertiary/aromatic N) is 4. The Morgan fingerprint density at radius 1 is 1.06 bits per heavy atom. The summed E-state index contributed by atoms with van der Waals surface area (Å²) >= 11 is 0. The lowest BCUT2D eigenvalue weighted by Crippen LogP contribution is -1.96. The average molecular weight is 238 g/mol. The molecule has 0 N–H and O–H groups in total. The Labute approximate surface area is 105 Å². The van der Waals surface area contributed by atoms with Crippen molar-refractivity contribution in [2.24, 2.45) is 0 Å². The van der Waals surface area contributed by atoms with Gasteiger partial charge in [-0.15, -0.1) is 0 Å². The quantitative estimate of drug-likeness (QED) is 0.689. The Morgan fingerprint density at radius 3 is 2.67 bits per heavy atom. The molecule has 0 aliphatic carbocycles. The van der Waals surface area contributed by atoms with Crippen molar-refractivity contribution in [3.8, 4) is 5.69 Å². The van der Waals surface area contributed by atoms with Gasteiger partial charge in [0.2, 0.25) is 0 Å². The number of aromatic nitrogens is 4. The molecule has 0 aliphatic heterocycles. The molecule has 3 aromatic heterocycles. The topological polar surface area (TPSA) is 43.6 Å². The van der Waals surface area contributed by atoms with Gasteiger partial charge in [0.1, 0.15) is 11.8 Å². The summed E-state index contributed by atoms with van der Waals surface area (Å²) in [5.74, 6) is 0.447. The predicted octanol–water partition coefficient (Wildman–Crippen LogP) is 2.94. The zero-order chi connectivity index (χ0) is 12.5. The molecule has 0 atom stereocenters. The van der Waals surface area contributed by atoms with E-state index in [1.54, 1.807) is 18.7 Å². The van der Waals surface area contributed by atoms with Crippen LogP contribution in [0.15, 0.2) is 43.1 Å². The highest BCUT2D eigenvalue weighted by Gasteiger charge is 2.05. The second-order valence-electron chi connectivity index (χ2n) is 4.57. The first-order valence-corrected chi connectivity index (χ1v) is 5.99. The number of hydrogen-bond acceptors (Lipinski definition) is 3. The molecule has 3 rings (SSSR count). The molecule has 0 saturated carbocycles. The lowest BCUT2D eigenvalue weighted by Gasteiger charge is -2.07. The minimum absolute atomic E-state index is 0.447. The molecule has 90 valence electrons. The summed E-state index contributed by atoms with van der Waals surface area (Å²) in [5, 5.41) is 0. The number of hydrogen-bond donors (Lipinski definition) is 0. The summed E-state index contributed by atoms with van der Waals surface area (Å²) in [4.78, 5) is 12.9. The third kappa shape index (κ3) is 1.76. The minimum Gasteiger partial charge on any atom is -0.297 e. The normalized spacial score (nSPS) is 11.3. The van der Waals surface area contributed by atoms with Crippen molar-refractivity contribution in [2.45, 2.75) is 19.8 Å². The molecule has 0 aromatic carbocycles. The highest BCUT2D eigenvalue weighted by atomic mass is 15.1. The van der Waals surface area contributed by atoms with E-state index in [1.165, 1.54) is 0 Å². The van der Waals surface area contributed by atoms with Gasteiger partial charge in [-0.2, -0.15) is 0 Å². The third-order valence-electron chi connectivity index (χ3n) is 2.99. The molecule has 0 bridgehead atoms. The molecule has 4 heteroatoms. The molecule has 0 unspecified atom stereocenters. The molecule has 0 radical (unpaired) electrons. The fraction of sp³-hybridized carbons (Fsp3) is 0.214. The van der Waals surface area contributed by atoms with Crippen molar-refractivity contribution in [3.05, 3.63) is 48.8 Å². The fourth-order valence-electron chi connectivity index (χ4n) is 1.95. The SMILES string of the molecule is CC(C)c1ccc(-n2cnc3cnccc32)cn1. The summed E-state index contributed by atoms with van der Waals surface area (Å²) in [6.07, 6.45) is 7.23. The highest BCUT2D eigenvalue weighted by Crippen LogP contribution is 2.18. The lowest BCUT2D eigenvalue weighted by molar-refractivity contribution is 0.820. The van der Waals surface area contributed by atoms with Gasteiger partial charge in [0, 0.05) is 11.9 Å². The molecule has 18 heavy (non-hydrogen) atoms. The van der Waals surface area contributed by atoms with Crippen molar-refractivity contribution < 1.29 is 0 Å². The monoisotopic (exact) mass is 238 g/mol. The first-order chi connectivity index (χ1) is 8.75. The molecule has 4 nitrogen and oxygen atoms in total. The smallest absolute Gasteiger partial charge is 0.107 e. The Kier molecular flexibility index (Phi) is 2.55. The van der Waals surface area contributed by atoms with Gasteiger partial charge in [-0.1, -0.05) is 13.8 Å². The van der Waals surface area contributed by atoms with E-state index in [4.69, 9.17) is 0 Å². The van der Waals surface area contributed by atoms with E-state index in [1.807, 2.05) is 16.8 Å². The first kappa shape index (κ1) is 10.9. The molecular weight excluding hydrogens is 224 g/mol. The van der Waals surface area contributed by atoms with E-state index in [0.29, 0.717) is 5.92 Å². The molecule has 0 aliphatic rings. The van der Waals surface area contributed by atoms with Crippen LogP contribution in [-0.2, 0) is 0 Å². The second-order valence-corrected chi connectivity index (χ2v) is 4.57. The van der Waals surface area contributed by atoms with E-state index in [0.717, 1.165) is 22.4 Å². The summed E-state index contributed by atoms with van der Waals surface area (Å²) in [5.41, 5.74) is 4.06. The largest absolute Gasteiger partial charge is 0.297 e. The molecule has 3 aromatic rings. The van der Waals surface area contributed by atoms with E-state index in [9.17, 15) is 0 Å². The average Bonchev–Trinajstić information content (AvgIpc) is 2.82. The summed E-state index contributed by atoms with van der Waals surface area (Å²) in [7, 11) is 0.